The molecule has 110 valence electrons. The summed E-state index contributed by atoms with van der Waals surface area (Å²) in [5, 5.41) is 9.29. The molecule has 0 amide bonds. The van der Waals surface area contributed by atoms with Crippen LogP contribution < -0.4 is 0 Å². The molecule has 0 spiro atoms. The molecule has 1 aromatic rings. The molecule has 1 aliphatic heterocycles. The van der Waals surface area contributed by atoms with Gasteiger partial charge in [-0.3, -0.25) is 9.69 Å². The largest absolute Gasteiger partial charge is 0.481 e. The van der Waals surface area contributed by atoms with Crippen molar-refractivity contribution in [2.45, 2.75) is 37.2 Å². The Morgan fingerprint density at radius 3 is 2.95 bits per heavy atom. The van der Waals surface area contributed by atoms with Crippen LogP contribution in [0.25, 0.3) is 0 Å². The zero-order valence-corrected chi connectivity index (χ0v) is 14.2. The standard InChI is InChI=1S/C15H20BrNO2S/c1-10-13(15(18)19)4-3-7-17(10)9-11-5-6-12(16)8-14(11)20-2/h5-6,8,10,13H,3-4,7,9H2,1-2H3,(H,18,19)/t10-,13-/m0/s1. The summed E-state index contributed by atoms with van der Waals surface area (Å²) in [6.45, 7) is 3.85. The van der Waals surface area contributed by atoms with Crippen LogP contribution >= 0.6 is 27.7 Å². The number of aliphatic carboxylic acids is 1. The van der Waals surface area contributed by atoms with E-state index >= 15 is 0 Å². The third-order valence-electron chi connectivity index (χ3n) is 4.06. The van der Waals surface area contributed by atoms with Crippen LogP contribution in [-0.4, -0.2) is 34.8 Å². The highest BCUT2D eigenvalue weighted by Crippen LogP contribution is 2.29. The van der Waals surface area contributed by atoms with Gasteiger partial charge in [0, 0.05) is 22.0 Å². The summed E-state index contributed by atoms with van der Waals surface area (Å²) >= 11 is 5.23. The molecular weight excluding hydrogens is 338 g/mol. The molecule has 3 nitrogen and oxygen atoms in total. The second kappa shape index (κ2) is 6.96. The molecular formula is C15H20BrNO2S. The number of carbonyl (C=O) groups is 1. The smallest absolute Gasteiger partial charge is 0.308 e. The van der Waals surface area contributed by atoms with E-state index in [9.17, 15) is 9.90 Å². The molecule has 1 saturated heterocycles. The van der Waals surface area contributed by atoms with Gasteiger partial charge < -0.3 is 5.11 Å². The van der Waals surface area contributed by atoms with Gasteiger partial charge in [-0.05, 0) is 50.3 Å². The number of hydrogen-bond donors (Lipinski definition) is 1. The molecule has 5 heteroatoms. The highest BCUT2D eigenvalue weighted by molar-refractivity contribution is 9.10. The van der Waals surface area contributed by atoms with Crippen LogP contribution in [0.4, 0.5) is 0 Å². The predicted octanol–water partition coefficient (Wildman–Crippen LogP) is 3.86. The number of benzene rings is 1. The summed E-state index contributed by atoms with van der Waals surface area (Å²) in [5.41, 5.74) is 1.28. The van der Waals surface area contributed by atoms with Crippen LogP contribution in [-0.2, 0) is 11.3 Å². The van der Waals surface area contributed by atoms with E-state index in [0.717, 1.165) is 30.4 Å². The highest BCUT2D eigenvalue weighted by atomic mass is 79.9. The summed E-state index contributed by atoms with van der Waals surface area (Å²) in [4.78, 5) is 14.8. The molecule has 1 aliphatic rings. The van der Waals surface area contributed by atoms with Crippen LogP contribution in [0.5, 0.6) is 0 Å². The summed E-state index contributed by atoms with van der Waals surface area (Å²) in [6, 6.07) is 6.41. The molecule has 0 bridgehead atoms. The van der Waals surface area contributed by atoms with E-state index < -0.39 is 5.97 Å². The highest BCUT2D eigenvalue weighted by Gasteiger charge is 2.32. The number of halogens is 1. The zero-order valence-electron chi connectivity index (χ0n) is 11.8. The van der Waals surface area contributed by atoms with Crippen LogP contribution in [0.15, 0.2) is 27.6 Å². The lowest BCUT2D eigenvalue weighted by atomic mass is 9.90. The van der Waals surface area contributed by atoms with Crippen LogP contribution in [0.1, 0.15) is 25.3 Å². The van der Waals surface area contributed by atoms with Gasteiger partial charge in [0.05, 0.1) is 5.92 Å². The Morgan fingerprint density at radius 2 is 2.30 bits per heavy atom. The Hall–Kier alpha value is -0.520. The van der Waals surface area contributed by atoms with Gasteiger partial charge in [-0.15, -0.1) is 11.8 Å². The summed E-state index contributed by atoms with van der Waals surface area (Å²) < 4.78 is 1.08. The fourth-order valence-corrected chi connectivity index (χ4v) is 3.99. The number of hydrogen-bond acceptors (Lipinski definition) is 3. The first-order chi connectivity index (χ1) is 9.52. The summed E-state index contributed by atoms with van der Waals surface area (Å²) in [7, 11) is 0. The van der Waals surface area contributed by atoms with Crippen molar-refractivity contribution in [3.8, 4) is 0 Å². The Morgan fingerprint density at radius 1 is 1.55 bits per heavy atom. The van der Waals surface area contributed by atoms with Gasteiger partial charge in [0.25, 0.3) is 0 Å². The number of likely N-dealkylation sites (tertiary alicyclic amines) is 1. The lowest BCUT2D eigenvalue weighted by Crippen LogP contribution is -2.45. The predicted molar refractivity (Wildman–Crippen MR) is 86.2 cm³/mol. The SMILES string of the molecule is CSc1cc(Br)ccc1CN1CCC[C@H](C(=O)O)[C@@H]1C. The van der Waals surface area contributed by atoms with Crippen molar-refractivity contribution < 1.29 is 9.90 Å². The maximum atomic E-state index is 11.3. The van der Waals surface area contributed by atoms with Crippen molar-refractivity contribution in [3.05, 3.63) is 28.2 Å². The number of carboxylic acid groups (broad SMARTS) is 1. The quantitative estimate of drug-likeness (QED) is 0.830. The van der Waals surface area contributed by atoms with E-state index in [1.54, 1.807) is 11.8 Å². The van der Waals surface area contributed by atoms with E-state index in [2.05, 4.69) is 45.3 Å². The molecule has 0 unspecified atom stereocenters. The molecule has 0 aliphatic carbocycles. The number of carboxylic acids is 1. The monoisotopic (exact) mass is 357 g/mol. The van der Waals surface area contributed by atoms with Gasteiger partial charge in [0.1, 0.15) is 0 Å². The van der Waals surface area contributed by atoms with E-state index in [0.29, 0.717) is 0 Å². The Balaban J connectivity index is 2.15. The molecule has 0 aromatic heterocycles. The number of piperidine rings is 1. The van der Waals surface area contributed by atoms with Crippen LogP contribution in [0.3, 0.4) is 0 Å². The number of rotatable bonds is 4. The topological polar surface area (TPSA) is 40.5 Å². The molecule has 1 aromatic carbocycles. The minimum Gasteiger partial charge on any atom is -0.481 e. The number of thioether (sulfide) groups is 1. The first kappa shape index (κ1) is 15.9. The third-order valence-corrected chi connectivity index (χ3v) is 5.37. The molecule has 0 saturated carbocycles. The molecule has 2 atom stereocenters. The first-order valence-corrected chi connectivity index (χ1v) is 8.84. The van der Waals surface area contributed by atoms with Crippen LogP contribution in [0, 0.1) is 5.92 Å². The summed E-state index contributed by atoms with van der Waals surface area (Å²) in [5.74, 6) is -0.903. The van der Waals surface area contributed by atoms with Gasteiger partial charge in [-0.2, -0.15) is 0 Å². The first-order valence-electron chi connectivity index (χ1n) is 6.82. The van der Waals surface area contributed by atoms with Crippen molar-refractivity contribution in [2.24, 2.45) is 5.92 Å². The van der Waals surface area contributed by atoms with Crippen molar-refractivity contribution in [1.29, 1.82) is 0 Å². The Bertz CT molecular complexity index is 495. The lowest BCUT2D eigenvalue weighted by molar-refractivity contribution is -0.145. The fourth-order valence-electron chi connectivity index (χ4n) is 2.83. The zero-order chi connectivity index (χ0) is 14.7. The van der Waals surface area contributed by atoms with Crippen molar-refractivity contribution >= 4 is 33.7 Å². The van der Waals surface area contributed by atoms with Crippen LogP contribution in [0.2, 0.25) is 0 Å². The molecule has 2 rings (SSSR count). The summed E-state index contributed by atoms with van der Waals surface area (Å²) in [6.07, 6.45) is 3.83. The van der Waals surface area contributed by atoms with Crippen molar-refractivity contribution in [2.75, 3.05) is 12.8 Å². The Kier molecular flexibility index (Phi) is 5.52. The number of nitrogens with zero attached hydrogens (tertiary/aromatic N) is 1. The van der Waals surface area contributed by atoms with Gasteiger partial charge in [0.2, 0.25) is 0 Å². The average Bonchev–Trinajstić information content (AvgIpc) is 2.42. The fraction of sp³-hybridized carbons (Fsp3) is 0.533. The van der Waals surface area contributed by atoms with Gasteiger partial charge >= 0.3 is 5.97 Å². The van der Waals surface area contributed by atoms with Gasteiger partial charge in [-0.25, -0.2) is 0 Å². The molecule has 20 heavy (non-hydrogen) atoms. The third kappa shape index (κ3) is 3.57. The van der Waals surface area contributed by atoms with Gasteiger partial charge in [0.15, 0.2) is 0 Å². The minimum absolute atomic E-state index is 0.0969. The van der Waals surface area contributed by atoms with Crippen molar-refractivity contribution in [1.82, 2.24) is 4.90 Å². The lowest BCUT2D eigenvalue weighted by Gasteiger charge is -2.37. The Labute approximate surface area is 132 Å². The van der Waals surface area contributed by atoms with E-state index in [1.807, 2.05) is 6.92 Å². The molecule has 1 heterocycles. The second-order valence-electron chi connectivity index (χ2n) is 5.25. The molecule has 1 N–H and O–H groups in total. The maximum Gasteiger partial charge on any atom is 0.308 e. The van der Waals surface area contributed by atoms with Crippen molar-refractivity contribution in [3.63, 3.8) is 0 Å². The maximum absolute atomic E-state index is 11.3. The average molecular weight is 358 g/mol. The minimum atomic E-state index is -0.664. The van der Waals surface area contributed by atoms with Gasteiger partial charge in [-0.1, -0.05) is 22.0 Å². The second-order valence-corrected chi connectivity index (χ2v) is 7.02. The normalized spacial score (nSPS) is 23.8. The van der Waals surface area contributed by atoms with E-state index in [4.69, 9.17) is 0 Å². The molecule has 1 fully saturated rings. The van der Waals surface area contributed by atoms with E-state index in [1.165, 1.54) is 10.5 Å². The molecule has 0 radical (unpaired) electrons. The van der Waals surface area contributed by atoms with E-state index in [-0.39, 0.29) is 12.0 Å².